The lowest BCUT2D eigenvalue weighted by Gasteiger charge is -2.40. The van der Waals surface area contributed by atoms with Gasteiger partial charge >= 0.3 is 6.16 Å². The molecule has 0 saturated carbocycles. The van der Waals surface area contributed by atoms with E-state index in [4.69, 9.17) is 9.84 Å². The first-order chi connectivity index (χ1) is 10.5. The van der Waals surface area contributed by atoms with Gasteiger partial charge in [-0.15, -0.1) is 0 Å². The fraction of sp³-hybridized carbons (Fsp3) is 0.938. The number of unbranched alkanes of at least 4 members (excludes halogenated alkanes) is 7. The average molecular weight is 352 g/mol. The highest BCUT2D eigenvalue weighted by molar-refractivity contribution is 7.87. The summed E-state index contributed by atoms with van der Waals surface area (Å²) in [6.07, 6.45) is 7.26. The van der Waals surface area contributed by atoms with E-state index in [2.05, 4.69) is 6.92 Å². The Kier molecular flexibility index (Phi) is 9.13. The van der Waals surface area contributed by atoms with E-state index in [0.29, 0.717) is 6.42 Å². The van der Waals surface area contributed by atoms with Gasteiger partial charge in [0.05, 0.1) is 0 Å². The van der Waals surface area contributed by atoms with Crippen LogP contribution in [0, 0.1) is 0 Å². The summed E-state index contributed by atoms with van der Waals surface area (Å²) in [5.41, 5.74) is -1.49. The van der Waals surface area contributed by atoms with Crippen LogP contribution in [0.25, 0.3) is 0 Å². The van der Waals surface area contributed by atoms with E-state index in [1.807, 2.05) is 0 Å². The Morgan fingerprint density at radius 3 is 1.78 bits per heavy atom. The Morgan fingerprint density at radius 2 is 1.39 bits per heavy atom. The number of hydrogen-bond acceptors (Lipinski definition) is 4. The molecule has 0 saturated heterocycles. The standard InChI is InChI=1S/C16H32O6S/c1-5-6-7-8-9-10-11-12-13-16(4,22-14(17)18)15(2,3)23(19,20)21/h5-13H2,1-4H3,(H,17,18)(H,19,20,21). The van der Waals surface area contributed by atoms with Crippen LogP contribution in [0.5, 0.6) is 0 Å². The van der Waals surface area contributed by atoms with Crippen LogP contribution in [0.1, 0.15) is 85.5 Å². The van der Waals surface area contributed by atoms with Crippen LogP contribution in [0.4, 0.5) is 4.79 Å². The predicted octanol–water partition coefficient (Wildman–Crippen LogP) is 4.64. The van der Waals surface area contributed by atoms with Crippen molar-refractivity contribution in [2.24, 2.45) is 0 Å². The molecule has 0 aliphatic carbocycles. The Hall–Kier alpha value is -0.820. The number of hydrogen-bond donors (Lipinski definition) is 2. The average Bonchev–Trinajstić information content (AvgIpc) is 2.39. The van der Waals surface area contributed by atoms with Crippen molar-refractivity contribution in [3.63, 3.8) is 0 Å². The Labute approximate surface area is 140 Å². The number of carbonyl (C=O) groups is 1. The van der Waals surface area contributed by atoms with Gasteiger partial charge in [0, 0.05) is 0 Å². The van der Waals surface area contributed by atoms with Gasteiger partial charge < -0.3 is 9.84 Å². The van der Waals surface area contributed by atoms with Crippen molar-refractivity contribution in [1.82, 2.24) is 0 Å². The normalized spacial score (nSPS) is 15.2. The summed E-state index contributed by atoms with van der Waals surface area (Å²) in [5, 5.41) is 8.90. The van der Waals surface area contributed by atoms with Gasteiger partial charge in [0.15, 0.2) is 0 Å². The maximum Gasteiger partial charge on any atom is 0.506 e. The highest BCUT2D eigenvalue weighted by Crippen LogP contribution is 2.37. The van der Waals surface area contributed by atoms with Crippen molar-refractivity contribution in [1.29, 1.82) is 0 Å². The minimum atomic E-state index is -4.45. The largest absolute Gasteiger partial charge is 0.506 e. The zero-order chi connectivity index (χ0) is 18.1. The lowest BCUT2D eigenvalue weighted by molar-refractivity contribution is -0.0356. The summed E-state index contributed by atoms with van der Waals surface area (Å²) in [5.74, 6) is 0. The van der Waals surface area contributed by atoms with Gasteiger partial charge in [-0.2, -0.15) is 8.42 Å². The van der Waals surface area contributed by atoms with Crippen LogP contribution in [0.15, 0.2) is 0 Å². The summed E-state index contributed by atoms with van der Waals surface area (Å²) in [6, 6.07) is 0. The van der Waals surface area contributed by atoms with E-state index in [9.17, 15) is 17.8 Å². The summed E-state index contributed by atoms with van der Waals surface area (Å²) in [4.78, 5) is 10.9. The topological polar surface area (TPSA) is 101 Å². The second-order valence-corrected chi connectivity index (χ2v) is 8.78. The molecule has 0 rings (SSSR count). The molecule has 0 heterocycles. The molecule has 0 spiro atoms. The first-order valence-electron chi connectivity index (χ1n) is 8.37. The summed E-state index contributed by atoms with van der Waals surface area (Å²) in [6.45, 7) is 6.17. The fourth-order valence-electron chi connectivity index (χ4n) is 2.54. The highest BCUT2D eigenvalue weighted by Gasteiger charge is 2.52. The highest BCUT2D eigenvalue weighted by atomic mass is 32.2. The van der Waals surface area contributed by atoms with E-state index >= 15 is 0 Å². The van der Waals surface area contributed by atoms with Gasteiger partial charge in [-0.3, -0.25) is 4.55 Å². The Morgan fingerprint density at radius 1 is 0.957 bits per heavy atom. The first-order valence-corrected chi connectivity index (χ1v) is 9.81. The third-order valence-corrected chi connectivity index (χ3v) is 6.46. The van der Waals surface area contributed by atoms with E-state index < -0.39 is 26.6 Å². The third kappa shape index (κ3) is 7.08. The first kappa shape index (κ1) is 22.2. The van der Waals surface area contributed by atoms with Gasteiger partial charge in [0.2, 0.25) is 0 Å². The molecule has 2 N–H and O–H groups in total. The van der Waals surface area contributed by atoms with E-state index in [1.165, 1.54) is 46.5 Å². The van der Waals surface area contributed by atoms with E-state index in [-0.39, 0.29) is 6.42 Å². The zero-order valence-electron chi connectivity index (χ0n) is 14.8. The summed E-state index contributed by atoms with van der Waals surface area (Å²) in [7, 11) is -4.45. The lowest BCUT2D eigenvalue weighted by Crippen LogP contribution is -2.55. The van der Waals surface area contributed by atoms with Gasteiger partial charge in [-0.05, 0) is 33.6 Å². The number of carboxylic acid groups (broad SMARTS) is 1. The monoisotopic (exact) mass is 352 g/mol. The molecule has 0 aromatic rings. The quantitative estimate of drug-likeness (QED) is 0.301. The molecular formula is C16H32O6S. The summed E-state index contributed by atoms with van der Waals surface area (Å²) >= 11 is 0. The SMILES string of the molecule is CCCCCCCCCCC(C)(OC(=O)O)C(C)(C)S(=O)(=O)O. The van der Waals surface area contributed by atoms with Gasteiger partial charge in [-0.1, -0.05) is 51.9 Å². The molecule has 0 aliphatic rings. The zero-order valence-corrected chi connectivity index (χ0v) is 15.6. The second kappa shape index (κ2) is 9.47. The van der Waals surface area contributed by atoms with Crippen molar-refractivity contribution >= 4 is 16.3 Å². The molecule has 0 radical (unpaired) electrons. The van der Waals surface area contributed by atoms with Crippen LogP contribution in [0.3, 0.4) is 0 Å². The number of ether oxygens (including phenoxy) is 1. The predicted molar refractivity (Wildman–Crippen MR) is 90.4 cm³/mol. The molecule has 0 bridgehead atoms. The van der Waals surface area contributed by atoms with Crippen molar-refractivity contribution in [2.75, 3.05) is 0 Å². The molecule has 6 nitrogen and oxygen atoms in total. The molecule has 138 valence electrons. The maximum absolute atomic E-state index is 11.6. The van der Waals surface area contributed by atoms with Crippen molar-refractivity contribution in [2.45, 2.75) is 95.8 Å². The van der Waals surface area contributed by atoms with Gasteiger partial charge in [0.1, 0.15) is 10.3 Å². The molecule has 0 aromatic carbocycles. The van der Waals surface area contributed by atoms with Gasteiger partial charge in [-0.25, -0.2) is 4.79 Å². The molecule has 0 aliphatic heterocycles. The van der Waals surface area contributed by atoms with Crippen molar-refractivity contribution in [3.8, 4) is 0 Å². The Bertz CT molecular complexity index is 457. The molecule has 0 aromatic heterocycles. The molecular weight excluding hydrogens is 320 g/mol. The van der Waals surface area contributed by atoms with E-state index in [1.54, 1.807) is 0 Å². The van der Waals surface area contributed by atoms with Crippen LogP contribution >= 0.6 is 0 Å². The van der Waals surface area contributed by atoms with Crippen LogP contribution in [-0.4, -0.2) is 34.6 Å². The number of rotatable bonds is 12. The van der Waals surface area contributed by atoms with Crippen LogP contribution in [0.2, 0.25) is 0 Å². The smallest absolute Gasteiger partial charge is 0.450 e. The van der Waals surface area contributed by atoms with Crippen LogP contribution < -0.4 is 0 Å². The van der Waals surface area contributed by atoms with Crippen LogP contribution in [-0.2, 0) is 14.9 Å². The minimum Gasteiger partial charge on any atom is -0.450 e. The molecule has 1 unspecified atom stereocenters. The molecule has 0 fully saturated rings. The molecule has 23 heavy (non-hydrogen) atoms. The molecule has 1 atom stereocenters. The van der Waals surface area contributed by atoms with Crippen molar-refractivity contribution in [3.05, 3.63) is 0 Å². The minimum absolute atomic E-state index is 0.251. The third-order valence-electron chi connectivity index (χ3n) is 4.74. The molecule has 7 heteroatoms. The Balaban J connectivity index is 4.56. The summed E-state index contributed by atoms with van der Waals surface area (Å²) < 4.78 is 35.8. The van der Waals surface area contributed by atoms with E-state index in [0.717, 1.165) is 19.3 Å². The fourth-order valence-corrected chi connectivity index (χ4v) is 3.23. The van der Waals surface area contributed by atoms with Gasteiger partial charge in [0.25, 0.3) is 10.1 Å². The van der Waals surface area contributed by atoms with Crippen molar-refractivity contribution < 1.29 is 27.6 Å². The molecule has 0 amide bonds. The second-order valence-electron chi connectivity index (χ2n) is 6.81. The maximum atomic E-state index is 11.6. The lowest BCUT2D eigenvalue weighted by atomic mass is 9.85.